The molecular weight excluding hydrogens is 463 g/mol. The number of hydrogen-bond donors (Lipinski definition) is 0. The van der Waals surface area contributed by atoms with Crippen LogP contribution < -0.4 is 4.90 Å². The summed E-state index contributed by atoms with van der Waals surface area (Å²) in [5, 5.41) is 1.45. The standard InChI is InChI=1S/C20H20Cl2N4O2S2/c21-14-5-3-6-15(22)18(14)30(27,28)26-10-8-25(9-11-26)19-17-13-4-1-2-7-16(13)29-20(17)24-12-23-19/h3,5-6,12H,1-2,4,7-11H2. The molecule has 10 heteroatoms. The highest BCUT2D eigenvalue weighted by molar-refractivity contribution is 7.89. The maximum Gasteiger partial charge on any atom is 0.246 e. The monoisotopic (exact) mass is 482 g/mol. The van der Waals surface area contributed by atoms with Gasteiger partial charge in [-0.2, -0.15) is 4.31 Å². The summed E-state index contributed by atoms with van der Waals surface area (Å²) in [5.41, 5.74) is 1.38. The molecule has 2 aliphatic rings. The molecule has 2 aromatic heterocycles. The highest BCUT2D eigenvalue weighted by Gasteiger charge is 2.33. The molecule has 0 spiro atoms. The van der Waals surface area contributed by atoms with E-state index in [4.69, 9.17) is 23.2 Å². The summed E-state index contributed by atoms with van der Waals surface area (Å²) in [4.78, 5) is 13.7. The van der Waals surface area contributed by atoms with Crippen molar-refractivity contribution in [3.63, 3.8) is 0 Å². The van der Waals surface area contributed by atoms with Gasteiger partial charge in [0.2, 0.25) is 10.0 Å². The second kappa shape index (κ2) is 7.91. The van der Waals surface area contributed by atoms with E-state index in [2.05, 4.69) is 14.9 Å². The third-order valence-corrected chi connectivity index (χ3v) is 9.84. The Balaban J connectivity index is 1.42. The lowest BCUT2D eigenvalue weighted by atomic mass is 9.97. The molecule has 1 aliphatic carbocycles. The molecular formula is C20H20Cl2N4O2S2. The fourth-order valence-electron chi connectivity index (χ4n) is 4.31. The molecule has 0 radical (unpaired) electrons. The van der Waals surface area contributed by atoms with Crippen LogP contribution in [0.15, 0.2) is 29.4 Å². The quantitative estimate of drug-likeness (QED) is 0.553. The first-order chi connectivity index (χ1) is 14.5. The van der Waals surface area contributed by atoms with E-state index in [1.807, 2.05) is 0 Å². The Morgan fingerprint density at radius 2 is 1.67 bits per heavy atom. The maximum atomic E-state index is 13.1. The normalized spacial score (nSPS) is 18.0. The molecule has 0 N–H and O–H groups in total. The van der Waals surface area contributed by atoms with Crippen molar-refractivity contribution in [2.45, 2.75) is 30.6 Å². The number of aryl methyl sites for hydroxylation is 2. The van der Waals surface area contributed by atoms with Gasteiger partial charge >= 0.3 is 0 Å². The zero-order chi connectivity index (χ0) is 20.9. The molecule has 1 aliphatic heterocycles. The minimum absolute atomic E-state index is 0.0156. The van der Waals surface area contributed by atoms with Crippen molar-refractivity contribution in [2.24, 2.45) is 0 Å². The zero-order valence-corrected chi connectivity index (χ0v) is 19.3. The van der Waals surface area contributed by atoms with E-state index in [-0.39, 0.29) is 14.9 Å². The SMILES string of the molecule is O=S(=O)(c1c(Cl)cccc1Cl)N1CCN(c2ncnc3sc4c(c23)CCCC4)CC1. The van der Waals surface area contributed by atoms with E-state index < -0.39 is 10.0 Å². The second-order valence-corrected chi connectivity index (χ2v) is 11.3. The number of piperazine rings is 1. The highest BCUT2D eigenvalue weighted by Crippen LogP contribution is 2.40. The van der Waals surface area contributed by atoms with E-state index >= 15 is 0 Å². The van der Waals surface area contributed by atoms with Crippen LogP contribution in [0.25, 0.3) is 10.2 Å². The molecule has 1 fully saturated rings. The van der Waals surface area contributed by atoms with Crippen LogP contribution in [-0.2, 0) is 22.9 Å². The first-order valence-corrected chi connectivity index (χ1v) is 12.9. The van der Waals surface area contributed by atoms with Crippen LogP contribution in [0.3, 0.4) is 0 Å². The van der Waals surface area contributed by atoms with Crippen LogP contribution >= 0.6 is 34.5 Å². The fraction of sp³-hybridized carbons (Fsp3) is 0.400. The van der Waals surface area contributed by atoms with Crippen molar-refractivity contribution < 1.29 is 8.42 Å². The molecule has 0 saturated carbocycles. The Morgan fingerprint density at radius 1 is 0.967 bits per heavy atom. The summed E-state index contributed by atoms with van der Waals surface area (Å²) in [6.07, 6.45) is 6.21. The third kappa shape index (κ3) is 3.39. The van der Waals surface area contributed by atoms with Gasteiger partial charge in [-0.05, 0) is 43.4 Å². The summed E-state index contributed by atoms with van der Waals surface area (Å²) in [6, 6.07) is 4.74. The average Bonchev–Trinajstić information content (AvgIpc) is 3.12. The van der Waals surface area contributed by atoms with E-state index in [1.54, 1.807) is 35.9 Å². The lowest BCUT2D eigenvalue weighted by molar-refractivity contribution is 0.384. The molecule has 6 nitrogen and oxygen atoms in total. The first kappa shape index (κ1) is 20.5. The molecule has 0 amide bonds. The zero-order valence-electron chi connectivity index (χ0n) is 16.1. The summed E-state index contributed by atoms with van der Waals surface area (Å²) in [7, 11) is -3.76. The van der Waals surface area contributed by atoms with Gasteiger partial charge in [0.1, 0.15) is 21.9 Å². The van der Waals surface area contributed by atoms with Crippen molar-refractivity contribution in [3.8, 4) is 0 Å². The maximum absolute atomic E-state index is 13.1. The largest absolute Gasteiger partial charge is 0.353 e. The number of aromatic nitrogens is 2. The summed E-state index contributed by atoms with van der Waals surface area (Å²) >= 11 is 14.1. The molecule has 3 heterocycles. The molecule has 3 aromatic rings. The van der Waals surface area contributed by atoms with Crippen LogP contribution in [0.5, 0.6) is 0 Å². The molecule has 30 heavy (non-hydrogen) atoms. The fourth-order valence-corrected chi connectivity index (χ4v) is 8.05. The first-order valence-electron chi connectivity index (χ1n) is 9.91. The van der Waals surface area contributed by atoms with Crippen LogP contribution in [0.4, 0.5) is 5.82 Å². The van der Waals surface area contributed by atoms with E-state index in [1.165, 1.54) is 27.6 Å². The Morgan fingerprint density at radius 3 is 2.40 bits per heavy atom. The Kier molecular flexibility index (Phi) is 5.39. The Labute approximate surface area is 189 Å². The number of halogens is 2. The Hall–Kier alpha value is -1.45. The molecule has 0 unspecified atom stereocenters. The average molecular weight is 483 g/mol. The lowest BCUT2D eigenvalue weighted by Gasteiger charge is -2.35. The van der Waals surface area contributed by atoms with Crippen molar-refractivity contribution >= 4 is 60.6 Å². The van der Waals surface area contributed by atoms with Gasteiger partial charge in [0.25, 0.3) is 0 Å². The molecule has 1 saturated heterocycles. The highest BCUT2D eigenvalue weighted by atomic mass is 35.5. The number of hydrogen-bond acceptors (Lipinski definition) is 6. The van der Waals surface area contributed by atoms with Gasteiger partial charge in [-0.15, -0.1) is 11.3 Å². The lowest BCUT2D eigenvalue weighted by Crippen LogP contribution is -2.49. The van der Waals surface area contributed by atoms with Gasteiger partial charge in [-0.25, -0.2) is 18.4 Å². The summed E-state index contributed by atoms with van der Waals surface area (Å²) in [6.45, 7) is 1.81. The van der Waals surface area contributed by atoms with Crippen molar-refractivity contribution in [1.29, 1.82) is 0 Å². The van der Waals surface area contributed by atoms with E-state index in [9.17, 15) is 8.42 Å². The number of sulfonamides is 1. The van der Waals surface area contributed by atoms with Crippen LogP contribution in [-0.4, -0.2) is 48.9 Å². The van der Waals surface area contributed by atoms with E-state index in [0.717, 1.165) is 28.9 Å². The number of benzene rings is 1. The van der Waals surface area contributed by atoms with Crippen LogP contribution in [0.1, 0.15) is 23.3 Å². The second-order valence-electron chi connectivity index (χ2n) is 7.53. The molecule has 1 aromatic carbocycles. The third-order valence-electron chi connectivity index (χ3n) is 5.79. The minimum Gasteiger partial charge on any atom is -0.353 e. The van der Waals surface area contributed by atoms with Gasteiger partial charge < -0.3 is 4.90 Å². The van der Waals surface area contributed by atoms with Crippen molar-refractivity contribution in [1.82, 2.24) is 14.3 Å². The van der Waals surface area contributed by atoms with Crippen LogP contribution in [0, 0.1) is 0 Å². The van der Waals surface area contributed by atoms with Crippen molar-refractivity contribution in [2.75, 3.05) is 31.1 Å². The molecule has 0 bridgehead atoms. The predicted octanol–water partition coefficient (Wildman–Crippen LogP) is 4.39. The Bertz CT molecular complexity index is 1200. The van der Waals surface area contributed by atoms with Gasteiger partial charge in [-0.1, -0.05) is 29.3 Å². The number of nitrogens with zero attached hydrogens (tertiary/aromatic N) is 4. The van der Waals surface area contributed by atoms with E-state index in [0.29, 0.717) is 26.2 Å². The van der Waals surface area contributed by atoms with Gasteiger partial charge in [0.15, 0.2) is 0 Å². The molecule has 0 atom stereocenters. The van der Waals surface area contributed by atoms with Crippen molar-refractivity contribution in [3.05, 3.63) is 45.0 Å². The summed E-state index contributed by atoms with van der Waals surface area (Å²) in [5.74, 6) is 0.923. The van der Waals surface area contributed by atoms with Gasteiger partial charge in [-0.3, -0.25) is 0 Å². The smallest absolute Gasteiger partial charge is 0.246 e. The number of fused-ring (bicyclic) bond motifs is 3. The topological polar surface area (TPSA) is 66.4 Å². The minimum atomic E-state index is -3.76. The molecule has 5 rings (SSSR count). The summed E-state index contributed by atoms with van der Waals surface area (Å²) < 4.78 is 27.8. The number of anilines is 1. The van der Waals surface area contributed by atoms with Gasteiger partial charge in [0, 0.05) is 31.1 Å². The molecule has 158 valence electrons. The predicted molar refractivity (Wildman–Crippen MR) is 121 cm³/mol. The van der Waals surface area contributed by atoms with Crippen LogP contribution in [0.2, 0.25) is 10.0 Å². The number of rotatable bonds is 3. The van der Waals surface area contributed by atoms with Gasteiger partial charge in [0.05, 0.1) is 15.4 Å². The number of thiophene rings is 1.